The Morgan fingerprint density at radius 1 is 0.857 bits per heavy atom. The van der Waals surface area contributed by atoms with Gasteiger partial charge in [0.2, 0.25) is 0 Å². The van der Waals surface area contributed by atoms with E-state index >= 15 is 0 Å². The Morgan fingerprint density at radius 3 is 1.00 bits per heavy atom. The van der Waals surface area contributed by atoms with Crippen molar-refractivity contribution in [1.82, 2.24) is 0 Å². The van der Waals surface area contributed by atoms with Gasteiger partial charge in [-0.05, 0) is 0 Å². The summed E-state index contributed by atoms with van der Waals surface area (Å²) in [5.41, 5.74) is 0. The Morgan fingerprint density at radius 2 is 1.00 bits per heavy atom. The van der Waals surface area contributed by atoms with E-state index < -0.39 is 0 Å². The molecule has 42 valence electrons. The van der Waals surface area contributed by atoms with Crippen molar-refractivity contribution in [1.29, 1.82) is 0 Å². The van der Waals surface area contributed by atoms with Gasteiger partial charge in [0.15, 0.2) is 0 Å². The zero-order valence-electron chi connectivity index (χ0n) is 5.33. The van der Waals surface area contributed by atoms with Crippen LogP contribution in [0, 0.1) is 0 Å². The molecule has 0 bridgehead atoms. The fraction of sp³-hybridized carbons (Fsp3) is 1.00. The lowest BCUT2D eigenvalue weighted by Gasteiger charge is -2.05. The second-order valence-electron chi connectivity index (χ2n) is 1.91. The molecule has 1 fully saturated rings. The van der Waals surface area contributed by atoms with Crippen molar-refractivity contribution in [3.8, 4) is 0 Å². The molecule has 0 aliphatic heterocycles. The molecule has 0 spiro atoms. The molecule has 1 aliphatic carbocycles. The van der Waals surface area contributed by atoms with Crippen LogP contribution in [0.1, 0.15) is 25.7 Å². The third-order valence-electron chi connectivity index (χ3n) is 1.000. The Hall–Kier alpha value is 0.217. The van der Waals surface area contributed by atoms with Gasteiger partial charge in [0.25, 0.3) is 0 Å². The molecule has 0 heterocycles. The maximum Gasteiger partial charge on any atom is 0.0307 e. The minimum atomic E-state index is 1.08. The lowest BCUT2D eigenvalue weighted by atomic mass is 10.0. The predicted octanol–water partition coefficient (Wildman–Crippen LogP) is 2.35. The number of rotatable bonds is 0. The van der Waals surface area contributed by atoms with E-state index in [0.29, 0.717) is 0 Å². The SMILES string of the molecule is C1CCC1.C[Si]C. The van der Waals surface area contributed by atoms with Gasteiger partial charge in [-0.2, -0.15) is 0 Å². The van der Waals surface area contributed by atoms with Gasteiger partial charge in [0, 0.05) is 9.52 Å². The Kier molecular flexibility index (Phi) is 6.41. The van der Waals surface area contributed by atoms with E-state index in [1.807, 2.05) is 0 Å². The fourth-order valence-corrected chi connectivity index (χ4v) is 0.250. The van der Waals surface area contributed by atoms with E-state index in [0.717, 1.165) is 9.52 Å². The van der Waals surface area contributed by atoms with Gasteiger partial charge in [-0.15, -0.1) is 0 Å². The Balaban J connectivity index is 0.000000110. The molecule has 1 rings (SSSR count). The molecule has 0 nitrogen and oxygen atoms in total. The minimum Gasteiger partial charge on any atom is -0.0735 e. The summed E-state index contributed by atoms with van der Waals surface area (Å²) in [7, 11) is 1.08. The molecule has 0 unspecified atom stereocenters. The first kappa shape index (κ1) is 7.22. The lowest BCUT2D eigenvalue weighted by Crippen LogP contribution is -1.85. The average Bonchev–Trinajstić information content (AvgIpc) is 1.27. The molecule has 0 amide bonds. The van der Waals surface area contributed by atoms with Crippen LogP contribution in [0.3, 0.4) is 0 Å². The van der Waals surface area contributed by atoms with Gasteiger partial charge in [0.05, 0.1) is 0 Å². The summed E-state index contributed by atoms with van der Waals surface area (Å²) < 4.78 is 0. The lowest BCUT2D eigenvalue weighted by molar-refractivity contribution is 0.504. The highest BCUT2D eigenvalue weighted by atomic mass is 28.2. The van der Waals surface area contributed by atoms with Crippen LogP contribution in [0.25, 0.3) is 0 Å². The Labute approximate surface area is 49.1 Å². The molecule has 1 saturated carbocycles. The Bertz CT molecular complexity index is 19.4. The summed E-state index contributed by atoms with van der Waals surface area (Å²) >= 11 is 0. The van der Waals surface area contributed by atoms with Crippen molar-refractivity contribution in [2.24, 2.45) is 0 Å². The molecule has 2 radical (unpaired) electrons. The van der Waals surface area contributed by atoms with Crippen molar-refractivity contribution in [2.45, 2.75) is 38.8 Å². The van der Waals surface area contributed by atoms with Crippen LogP contribution in [0.2, 0.25) is 13.1 Å². The molecule has 0 aromatic rings. The third-order valence-corrected chi connectivity index (χ3v) is 1.000. The van der Waals surface area contributed by atoms with Crippen molar-refractivity contribution in [3.63, 3.8) is 0 Å². The van der Waals surface area contributed by atoms with E-state index in [-0.39, 0.29) is 0 Å². The predicted molar refractivity (Wildman–Crippen MR) is 35.9 cm³/mol. The molecule has 1 aliphatic rings. The van der Waals surface area contributed by atoms with Crippen LogP contribution in [0.4, 0.5) is 0 Å². The highest BCUT2D eigenvalue weighted by Crippen LogP contribution is 2.15. The number of hydrogen-bond donors (Lipinski definition) is 0. The largest absolute Gasteiger partial charge is 0.0735 e. The molecular weight excluding hydrogens is 100 g/mol. The smallest absolute Gasteiger partial charge is 0.0307 e. The zero-order valence-corrected chi connectivity index (χ0v) is 6.33. The molecule has 0 aromatic carbocycles. The molecule has 0 atom stereocenters. The average molecular weight is 114 g/mol. The molecule has 7 heavy (non-hydrogen) atoms. The zero-order chi connectivity index (χ0) is 5.54. The van der Waals surface area contributed by atoms with E-state index in [9.17, 15) is 0 Å². The molecule has 0 saturated heterocycles. The second-order valence-corrected chi connectivity index (χ2v) is 2.91. The molecule has 0 aromatic heterocycles. The third kappa shape index (κ3) is 6.22. The summed E-state index contributed by atoms with van der Waals surface area (Å²) in [5, 5.41) is 0. The van der Waals surface area contributed by atoms with Crippen molar-refractivity contribution in [2.75, 3.05) is 0 Å². The fourth-order valence-electron chi connectivity index (χ4n) is 0.250. The molecule has 0 N–H and O–H groups in total. The standard InChI is InChI=1S/C4H8.C2H6Si/c1-2-4-3-1;1-3-2/h1-4H2;1-2H3. The first-order chi connectivity index (χ1) is 3.41. The van der Waals surface area contributed by atoms with Gasteiger partial charge >= 0.3 is 0 Å². The molecular formula is C6H14Si. The minimum absolute atomic E-state index is 1.08. The maximum atomic E-state index is 2.15. The van der Waals surface area contributed by atoms with Gasteiger partial charge < -0.3 is 0 Å². The maximum absolute atomic E-state index is 2.15. The summed E-state index contributed by atoms with van der Waals surface area (Å²) in [6.45, 7) is 4.31. The van der Waals surface area contributed by atoms with Crippen LogP contribution in [0.15, 0.2) is 0 Å². The summed E-state index contributed by atoms with van der Waals surface area (Å²) in [6.07, 6.45) is 6.00. The van der Waals surface area contributed by atoms with Gasteiger partial charge in [-0.25, -0.2) is 0 Å². The first-order valence-corrected chi connectivity index (χ1v) is 5.00. The van der Waals surface area contributed by atoms with Crippen molar-refractivity contribution >= 4 is 9.52 Å². The van der Waals surface area contributed by atoms with Crippen LogP contribution < -0.4 is 0 Å². The second kappa shape index (κ2) is 6.22. The van der Waals surface area contributed by atoms with E-state index in [1.54, 1.807) is 0 Å². The highest BCUT2D eigenvalue weighted by molar-refractivity contribution is 6.31. The van der Waals surface area contributed by atoms with Gasteiger partial charge in [-0.3, -0.25) is 0 Å². The van der Waals surface area contributed by atoms with E-state index in [2.05, 4.69) is 13.1 Å². The van der Waals surface area contributed by atoms with Crippen molar-refractivity contribution < 1.29 is 0 Å². The van der Waals surface area contributed by atoms with Crippen LogP contribution in [-0.2, 0) is 0 Å². The van der Waals surface area contributed by atoms with Crippen molar-refractivity contribution in [3.05, 3.63) is 0 Å². The topological polar surface area (TPSA) is 0 Å². The van der Waals surface area contributed by atoms with E-state index in [4.69, 9.17) is 0 Å². The van der Waals surface area contributed by atoms with E-state index in [1.165, 1.54) is 25.7 Å². The van der Waals surface area contributed by atoms with Gasteiger partial charge in [-0.1, -0.05) is 38.8 Å². The highest BCUT2D eigenvalue weighted by Gasteiger charge is 1.95. The number of hydrogen-bond acceptors (Lipinski definition) is 0. The van der Waals surface area contributed by atoms with Crippen LogP contribution >= 0.6 is 0 Å². The summed E-state index contributed by atoms with van der Waals surface area (Å²) in [6, 6.07) is 0. The van der Waals surface area contributed by atoms with Gasteiger partial charge in [0.1, 0.15) is 0 Å². The van der Waals surface area contributed by atoms with Crippen LogP contribution in [-0.4, -0.2) is 9.52 Å². The monoisotopic (exact) mass is 114 g/mol. The normalized spacial score (nSPS) is 16.3. The summed E-state index contributed by atoms with van der Waals surface area (Å²) in [5.74, 6) is 0. The van der Waals surface area contributed by atoms with Crippen LogP contribution in [0.5, 0.6) is 0 Å². The molecule has 1 heteroatoms. The quantitative estimate of drug-likeness (QED) is 0.424. The summed E-state index contributed by atoms with van der Waals surface area (Å²) in [4.78, 5) is 0. The first-order valence-electron chi connectivity index (χ1n) is 3.00.